The number of esters is 1. The quantitative estimate of drug-likeness (QED) is 0.212. The average molecular weight is 467 g/mol. The number of nitrogens with one attached hydrogen (secondary N) is 1. The number of hydrogen-bond acceptors (Lipinski definition) is 11. The fraction of sp³-hybridized carbons (Fsp3) is 0.412. The van der Waals surface area contributed by atoms with Crippen LogP contribution in [0.1, 0.15) is 12.1 Å². The van der Waals surface area contributed by atoms with Gasteiger partial charge in [0, 0.05) is 17.1 Å². The van der Waals surface area contributed by atoms with Crippen LogP contribution in [0.15, 0.2) is 21.8 Å². The predicted octanol–water partition coefficient (Wildman–Crippen LogP) is -0.622. The Hall–Kier alpha value is -3.13. The molecule has 3 atom stereocenters. The van der Waals surface area contributed by atoms with Crippen LogP contribution in [0.5, 0.6) is 0 Å². The Morgan fingerprint density at radius 1 is 1.45 bits per heavy atom. The van der Waals surface area contributed by atoms with Crippen molar-refractivity contribution in [2.75, 3.05) is 25.2 Å². The molecule has 2 saturated heterocycles. The second-order valence-electron chi connectivity index (χ2n) is 6.82. The van der Waals surface area contributed by atoms with E-state index in [1.165, 1.54) is 24.3 Å². The number of amides is 2. The third-order valence-electron chi connectivity index (χ3n) is 5.00. The number of nitrogen functional groups attached to an aromatic ring is 1. The largest absolute Gasteiger partial charge is 0.477 e. The summed E-state index contributed by atoms with van der Waals surface area (Å²) in [5.74, 6) is -3.03. The molecule has 1 aromatic heterocycles. The topological polar surface area (TPSA) is 174 Å². The Balaban J connectivity index is 1.54. The normalized spacial score (nSPS) is 25.6. The lowest BCUT2D eigenvalue weighted by Crippen LogP contribution is -2.71. The number of carboxylic acids is 1. The van der Waals surface area contributed by atoms with Crippen molar-refractivity contribution in [3.63, 3.8) is 0 Å². The maximum absolute atomic E-state index is 12.8. The summed E-state index contributed by atoms with van der Waals surface area (Å²) >= 11 is 2.42. The molecule has 164 valence electrons. The lowest BCUT2D eigenvalue weighted by atomic mass is 9.94. The number of hydrogen-bond donors (Lipinski definition) is 3. The number of carbonyl (C=O) groups is 4. The Bertz CT molecular complexity index is 1040. The number of thiazole rings is 1. The average Bonchev–Trinajstić information content (AvgIpc) is 3.36. The van der Waals surface area contributed by atoms with Crippen LogP contribution in [0.4, 0.5) is 5.13 Å². The van der Waals surface area contributed by atoms with Gasteiger partial charge in [0.2, 0.25) is 0 Å². The SMILES string of the molecule is CO/N=C(\C(=O)N[C@@H]1C(=O)N2C(C(=O)O)=C(C3COC(=O)C3)CS[C@H]12)c1csc(N)n1. The van der Waals surface area contributed by atoms with Crippen molar-refractivity contribution in [2.24, 2.45) is 11.1 Å². The van der Waals surface area contributed by atoms with Gasteiger partial charge in [-0.2, -0.15) is 0 Å². The summed E-state index contributed by atoms with van der Waals surface area (Å²) in [6, 6.07) is -0.951. The molecule has 0 aliphatic carbocycles. The number of cyclic esters (lactones) is 1. The minimum atomic E-state index is -1.27. The van der Waals surface area contributed by atoms with E-state index in [1.807, 2.05) is 0 Å². The number of aliphatic carboxylic acids is 1. The molecule has 4 rings (SSSR count). The first-order valence-electron chi connectivity index (χ1n) is 9.01. The van der Waals surface area contributed by atoms with Crippen molar-refractivity contribution < 1.29 is 33.9 Å². The summed E-state index contributed by atoms with van der Waals surface area (Å²) in [7, 11) is 1.26. The molecule has 3 aliphatic rings. The first-order valence-corrected chi connectivity index (χ1v) is 10.9. The summed E-state index contributed by atoms with van der Waals surface area (Å²) in [6.07, 6.45) is 0.0765. The minimum absolute atomic E-state index is 0.0765. The fourth-order valence-electron chi connectivity index (χ4n) is 3.59. The van der Waals surface area contributed by atoms with Gasteiger partial charge in [0.1, 0.15) is 29.9 Å². The number of carbonyl (C=O) groups excluding carboxylic acids is 3. The minimum Gasteiger partial charge on any atom is -0.477 e. The first kappa shape index (κ1) is 21.1. The summed E-state index contributed by atoms with van der Waals surface area (Å²) in [5, 5.41) is 17.1. The van der Waals surface area contributed by atoms with E-state index in [4.69, 9.17) is 15.3 Å². The zero-order valence-electron chi connectivity index (χ0n) is 16.1. The van der Waals surface area contributed by atoms with Crippen molar-refractivity contribution in [1.82, 2.24) is 15.2 Å². The monoisotopic (exact) mass is 467 g/mol. The summed E-state index contributed by atoms with van der Waals surface area (Å²) in [4.78, 5) is 58.7. The van der Waals surface area contributed by atoms with E-state index in [0.717, 1.165) is 16.2 Å². The molecule has 2 fully saturated rings. The van der Waals surface area contributed by atoms with Gasteiger partial charge in [0.15, 0.2) is 10.8 Å². The molecule has 14 heteroatoms. The van der Waals surface area contributed by atoms with Gasteiger partial charge in [-0.15, -0.1) is 23.1 Å². The van der Waals surface area contributed by atoms with E-state index in [0.29, 0.717) is 11.3 Å². The van der Waals surface area contributed by atoms with Gasteiger partial charge >= 0.3 is 11.9 Å². The van der Waals surface area contributed by atoms with Crippen molar-refractivity contribution >= 4 is 57.7 Å². The van der Waals surface area contributed by atoms with Gasteiger partial charge in [-0.25, -0.2) is 9.78 Å². The van der Waals surface area contributed by atoms with Crippen molar-refractivity contribution in [2.45, 2.75) is 17.8 Å². The maximum atomic E-state index is 12.8. The zero-order chi connectivity index (χ0) is 22.3. The Labute approximate surface area is 183 Å². The van der Waals surface area contributed by atoms with Gasteiger partial charge in [-0.3, -0.25) is 19.3 Å². The standard InChI is InChI=1S/C17H17N5O7S2/c1-28-21-10(8-5-31-17(18)19-8)13(24)20-11-14(25)22-12(16(26)27)7(4-30-15(11)22)6-2-9(23)29-3-6/h5-6,11,15H,2-4H2,1H3,(H2,18,19)(H,20,24)(H,26,27)/b21-10-/t6?,11-,15-/m1/s1. The second-order valence-corrected chi connectivity index (χ2v) is 8.81. The summed E-state index contributed by atoms with van der Waals surface area (Å²) in [6.45, 7) is 0.0893. The molecule has 0 spiro atoms. The molecule has 0 radical (unpaired) electrons. The van der Waals surface area contributed by atoms with Crippen molar-refractivity contribution in [1.29, 1.82) is 0 Å². The number of nitrogens with zero attached hydrogens (tertiary/aromatic N) is 3. The molecule has 0 saturated carbocycles. The zero-order valence-corrected chi connectivity index (χ0v) is 17.7. The number of rotatable bonds is 6. The lowest BCUT2D eigenvalue weighted by molar-refractivity contribution is -0.150. The second kappa shape index (κ2) is 8.19. The first-order chi connectivity index (χ1) is 14.8. The van der Waals surface area contributed by atoms with Crippen LogP contribution in [0.3, 0.4) is 0 Å². The van der Waals surface area contributed by atoms with E-state index >= 15 is 0 Å². The highest BCUT2D eigenvalue weighted by Gasteiger charge is 2.55. The molecule has 0 bridgehead atoms. The molecule has 4 heterocycles. The van der Waals surface area contributed by atoms with E-state index in [2.05, 4.69) is 15.5 Å². The van der Waals surface area contributed by atoms with Crippen molar-refractivity contribution in [3.05, 3.63) is 22.3 Å². The summed E-state index contributed by atoms with van der Waals surface area (Å²) in [5.41, 5.74) is 5.98. The van der Waals surface area contributed by atoms with Crippen LogP contribution < -0.4 is 11.1 Å². The van der Waals surface area contributed by atoms with E-state index < -0.39 is 35.2 Å². The summed E-state index contributed by atoms with van der Waals surface area (Å²) < 4.78 is 4.95. The molecule has 4 N–H and O–H groups in total. The molecular formula is C17H17N5O7S2. The van der Waals surface area contributed by atoms with Crippen LogP contribution in [0.2, 0.25) is 0 Å². The highest BCUT2D eigenvalue weighted by Crippen LogP contribution is 2.43. The van der Waals surface area contributed by atoms with Crippen LogP contribution in [-0.2, 0) is 28.8 Å². The van der Waals surface area contributed by atoms with E-state index in [9.17, 15) is 24.3 Å². The Morgan fingerprint density at radius 3 is 2.81 bits per heavy atom. The van der Waals surface area contributed by atoms with Gasteiger partial charge in [-0.1, -0.05) is 5.16 Å². The van der Waals surface area contributed by atoms with Crippen LogP contribution in [-0.4, -0.2) is 75.3 Å². The maximum Gasteiger partial charge on any atom is 0.352 e. The smallest absolute Gasteiger partial charge is 0.352 e. The van der Waals surface area contributed by atoms with Crippen LogP contribution >= 0.6 is 23.1 Å². The molecule has 0 aromatic carbocycles. The van der Waals surface area contributed by atoms with Gasteiger partial charge in [-0.05, 0) is 5.57 Å². The number of carboxylic acid groups (broad SMARTS) is 1. The Kier molecular flexibility index (Phi) is 5.58. The number of fused-ring (bicyclic) bond motifs is 1. The van der Waals surface area contributed by atoms with Gasteiger partial charge in [0.25, 0.3) is 11.8 Å². The van der Waals surface area contributed by atoms with Crippen LogP contribution in [0, 0.1) is 5.92 Å². The fourth-order valence-corrected chi connectivity index (χ4v) is 5.60. The number of anilines is 1. The Morgan fingerprint density at radius 2 is 2.23 bits per heavy atom. The molecule has 1 unspecified atom stereocenters. The number of aromatic nitrogens is 1. The van der Waals surface area contributed by atoms with Gasteiger partial charge < -0.3 is 25.7 Å². The number of oxime groups is 1. The van der Waals surface area contributed by atoms with E-state index in [-0.39, 0.29) is 41.2 Å². The molecule has 12 nitrogen and oxygen atoms in total. The number of β-lactam (4-membered cyclic amide) rings is 1. The third-order valence-corrected chi connectivity index (χ3v) is 6.98. The predicted molar refractivity (Wildman–Crippen MR) is 109 cm³/mol. The number of nitrogens with two attached hydrogens (primary N) is 1. The molecule has 31 heavy (non-hydrogen) atoms. The molecular weight excluding hydrogens is 450 g/mol. The number of ether oxygens (including phenoxy) is 1. The van der Waals surface area contributed by atoms with Gasteiger partial charge in [0.05, 0.1) is 13.0 Å². The highest BCUT2D eigenvalue weighted by atomic mass is 32.2. The number of thioether (sulfide) groups is 1. The van der Waals surface area contributed by atoms with Crippen molar-refractivity contribution in [3.8, 4) is 0 Å². The molecule has 3 aliphatic heterocycles. The third kappa shape index (κ3) is 3.72. The van der Waals surface area contributed by atoms with E-state index in [1.54, 1.807) is 0 Å². The van der Waals surface area contributed by atoms with Crippen LogP contribution in [0.25, 0.3) is 0 Å². The lowest BCUT2D eigenvalue weighted by Gasteiger charge is -2.49. The highest BCUT2D eigenvalue weighted by molar-refractivity contribution is 8.00. The molecule has 2 amide bonds. The molecule has 1 aromatic rings.